The van der Waals surface area contributed by atoms with Crippen LogP contribution in [-0.2, 0) is 4.79 Å². The average molecular weight is 357 g/mol. The quantitative estimate of drug-likeness (QED) is 0.822. The largest absolute Gasteiger partial charge is 0.324 e. The van der Waals surface area contributed by atoms with Gasteiger partial charge in [-0.25, -0.2) is 0 Å². The third-order valence-corrected chi connectivity index (χ3v) is 6.29. The lowest BCUT2D eigenvalue weighted by Gasteiger charge is -2.29. The van der Waals surface area contributed by atoms with E-state index >= 15 is 0 Å². The van der Waals surface area contributed by atoms with Crippen molar-refractivity contribution in [2.75, 3.05) is 11.9 Å². The van der Waals surface area contributed by atoms with Crippen LogP contribution in [0.1, 0.15) is 52.3 Å². The predicted molar refractivity (Wildman–Crippen MR) is 106 cm³/mol. The van der Waals surface area contributed by atoms with Gasteiger partial charge in [0.1, 0.15) is 0 Å². The van der Waals surface area contributed by atoms with Gasteiger partial charge in [0.05, 0.1) is 6.04 Å². The first-order valence-electron chi connectivity index (χ1n) is 9.07. The fourth-order valence-corrected chi connectivity index (χ4v) is 4.98. The summed E-state index contributed by atoms with van der Waals surface area (Å²) in [6.07, 6.45) is 2.29. The molecule has 2 unspecified atom stereocenters. The molecule has 1 aliphatic rings. The third kappa shape index (κ3) is 3.80. The SMILES string of the molecule is Cc1cc(C)c(NC(=O)C(C)N2CCCC2c2ccc(C)s2)c(C)c1. The summed E-state index contributed by atoms with van der Waals surface area (Å²) in [5.41, 5.74) is 4.45. The molecule has 3 rings (SSSR count). The molecular weight excluding hydrogens is 328 g/mol. The maximum Gasteiger partial charge on any atom is 0.241 e. The van der Waals surface area contributed by atoms with Gasteiger partial charge >= 0.3 is 0 Å². The molecule has 1 N–H and O–H groups in total. The Morgan fingerprint density at radius 3 is 2.48 bits per heavy atom. The number of rotatable bonds is 4. The summed E-state index contributed by atoms with van der Waals surface area (Å²) >= 11 is 1.85. The van der Waals surface area contributed by atoms with Gasteiger partial charge in [-0.1, -0.05) is 17.7 Å². The normalized spacial score (nSPS) is 19.2. The van der Waals surface area contributed by atoms with Gasteiger partial charge in [-0.3, -0.25) is 9.69 Å². The van der Waals surface area contributed by atoms with Crippen molar-refractivity contribution in [2.45, 2.75) is 59.5 Å². The zero-order valence-corrected chi connectivity index (χ0v) is 16.7. The van der Waals surface area contributed by atoms with Gasteiger partial charge in [-0.2, -0.15) is 0 Å². The number of thiophene rings is 1. The van der Waals surface area contributed by atoms with Crippen molar-refractivity contribution in [3.63, 3.8) is 0 Å². The lowest BCUT2D eigenvalue weighted by Crippen LogP contribution is -2.41. The lowest BCUT2D eigenvalue weighted by atomic mass is 10.0. The van der Waals surface area contributed by atoms with Crippen LogP contribution in [0.4, 0.5) is 5.69 Å². The van der Waals surface area contributed by atoms with Crippen LogP contribution in [0.15, 0.2) is 24.3 Å². The van der Waals surface area contributed by atoms with Gasteiger partial charge in [-0.15, -0.1) is 11.3 Å². The van der Waals surface area contributed by atoms with E-state index in [1.165, 1.54) is 15.3 Å². The predicted octanol–water partition coefficient (Wildman–Crippen LogP) is 5.15. The number of carbonyl (C=O) groups excluding carboxylic acids is 1. The molecule has 0 bridgehead atoms. The van der Waals surface area contributed by atoms with E-state index in [2.05, 4.69) is 62.2 Å². The molecule has 0 radical (unpaired) electrons. The molecule has 1 aliphatic heterocycles. The van der Waals surface area contributed by atoms with Crippen molar-refractivity contribution in [2.24, 2.45) is 0 Å². The Balaban J connectivity index is 1.76. The highest BCUT2D eigenvalue weighted by Gasteiger charge is 2.33. The summed E-state index contributed by atoms with van der Waals surface area (Å²) in [4.78, 5) is 18.0. The zero-order valence-electron chi connectivity index (χ0n) is 15.8. The van der Waals surface area contributed by atoms with E-state index in [0.717, 1.165) is 36.2 Å². The van der Waals surface area contributed by atoms with E-state index in [-0.39, 0.29) is 11.9 Å². The number of carbonyl (C=O) groups is 1. The number of benzene rings is 1. The number of hydrogen-bond donors (Lipinski definition) is 1. The molecule has 1 amide bonds. The molecule has 25 heavy (non-hydrogen) atoms. The Hall–Kier alpha value is -1.65. The smallest absolute Gasteiger partial charge is 0.241 e. The van der Waals surface area contributed by atoms with Gasteiger partial charge in [-0.05, 0) is 77.3 Å². The number of nitrogens with zero attached hydrogens (tertiary/aromatic N) is 1. The molecule has 1 saturated heterocycles. The Morgan fingerprint density at radius 1 is 1.20 bits per heavy atom. The zero-order chi connectivity index (χ0) is 18.1. The molecule has 0 spiro atoms. The summed E-state index contributed by atoms with van der Waals surface area (Å²) in [5, 5.41) is 3.18. The lowest BCUT2D eigenvalue weighted by molar-refractivity contribution is -0.121. The number of nitrogens with one attached hydrogen (secondary N) is 1. The molecule has 4 heteroatoms. The van der Waals surface area contributed by atoms with Crippen LogP contribution in [0.2, 0.25) is 0 Å². The molecule has 1 fully saturated rings. The van der Waals surface area contributed by atoms with E-state index in [0.29, 0.717) is 6.04 Å². The van der Waals surface area contributed by atoms with E-state index in [1.807, 2.05) is 18.3 Å². The molecule has 134 valence electrons. The molecule has 2 heterocycles. The van der Waals surface area contributed by atoms with E-state index in [4.69, 9.17) is 0 Å². The van der Waals surface area contributed by atoms with Crippen LogP contribution in [0, 0.1) is 27.7 Å². The summed E-state index contributed by atoms with van der Waals surface area (Å²) in [6.45, 7) is 11.4. The number of likely N-dealkylation sites (tertiary alicyclic amines) is 1. The second kappa shape index (κ2) is 7.30. The van der Waals surface area contributed by atoms with Crippen molar-refractivity contribution < 1.29 is 4.79 Å². The maximum absolute atomic E-state index is 12.9. The Kier molecular flexibility index (Phi) is 5.30. The third-order valence-electron chi connectivity index (χ3n) is 5.19. The molecule has 0 saturated carbocycles. The van der Waals surface area contributed by atoms with E-state index in [1.54, 1.807) is 0 Å². The van der Waals surface area contributed by atoms with Gasteiger partial charge in [0, 0.05) is 21.5 Å². The minimum Gasteiger partial charge on any atom is -0.324 e. The van der Waals surface area contributed by atoms with E-state index in [9.17, 15) is 4.79 Å². The van der Waals surface area contributed by atoms with Gasteiger partial charge < -0.3 is 5.32 Å². The molecule has 3 nitrogen and oxygen atoms in total. The van der Waals surface area contributed by atoms with Crippen LogP contribution in [0.3, 0.4) is 0 Å². The topological polar surface area (TPSA) is 32.3 Å². The van der Waals surface area contributed by atoms with E-state index < -0.39 is 0 Å². The van der Waals surface area contributed by atoms with Gasteiger partial charge in [0.25, 0.3) is 0 Å². The van der Waals surface area contributed by atoms with Crippen LogP contribution in [0.5, 0.6) is 0 Å². The second-order valence-corrected chi connectivity index (χ2v) is 8.60. The Bertz CT molecular complexity index is 757. The first-order chi connectivity index (χ1) is 11.9. The van der Waals surface area contributed by atoms with Crippen molar-refractivity contribution in [3.8, 4) is 0 Å². The summed E-state index contributed by atoms with van der Waals surface area (Å²) in [7, 11) is 0. The first-order valence-corrected chi connectivity index (χ1v) is 9.89. The Morgan fingerprint density at radius 2 is 1.88 bits per heavy atom. The van der Waals surface area contributed by atoms with Crippen LogP contribution in [0.25, 0.3) is 0 Å². The van der Waals surface area contributed by atoms with Crippen molar-refractivity contribution >= 4 is 22.9 Å². The van der Waals surface area contributed by atoms with Crippen molar-refractivity contribution in [1.29, 1.82) is 0 Å². The average Bonchev–Trinajstić information content (AvgIpc) is 3.18. The van der Waals surface area contributed by atoms with Crippen molar-refractivity contribution in [1.82, 2.24) is 4.90 Å². The summed E-state index contributed by atoms with van der Waals surface area (Å²) in [6, 6.07) is 8.90. The van der Waals surface area contributed by atoms with Gasteiger partial charge in [0.2, 0.25) is 5.91 Å². The molecule has 0 aliphatic carbocycles. The number of aryl methyl sites for hydroxylation is 4. The Labute approximate surface area is 155 Å². The fraction of sp³-hybridized carbons (Fsp3) is 0.476. The molecule has 1 aromatic carbocycles. The highest BCUT2D eigenvalue weighted by atomic mass is 32.1. The van der Waals surface area contributed by atoms with Gasteiger partial charge in [0.15, 0.2) is 0 Å². The minimum atomic E-state index is -0.130. The highest BCUT2D eigenvalue weighted by molar-refractivity contribution is 7.12. The summed E-state index contributed by atoms with van der Waals surface area (Å²) in [5.74, 6) is 0.0928. The standard InChI is InChI=1S/C21H28N2OS/c1-13-11-14(2)20(15(3)12-13)22-21(24)17(5)23-10-6-7-18(23)19-9-8-16(4)25-19/h8-9,11-12,17-18H,6-7,10H2,1-5H3,(H,22,24). The van der Waals surface area contributed by atoms with Crippen LogP contribution >= 0.6 is 11.3 Å². The fourth-order valence-electron chi connectivity index (χ4n) is 3.95. The molecule has 1 aromatic heterocycles. The van der Waals surface area contributed by atoms with Crippen LogP contribution < -0.4 is 5.32 Å². The second-order valence-electron chi connectivity index (χ2n) is 7.28. The number of hydrogen-bond acceptors (Lipinski definition) is 3. The molecule has 2 atom stereocenters. The maximum atomic E-state index is 12.9. The first kappa shape index (κ1) is 18.2. The highest BCUT2D eigenvalue weighted by Crippen LogP contribution is 2.37. The van der Waals surface area contributed by atoms with Crippen LogP contribution in [-0.4, -0.2) is 23.4 Å². The number of anilines is 1. The molecule has 2 aromatic rings. The monoisotopic (exact) mass is 356 g/mol. The number of amides is 1. The minimum absolute atomic E-state index is 0.0928. The van der Waals surface area contributed by atoms with Crippen molar-refractivity contribution in [3.05, 3.63) is 50.7 Å². The summed E-state index contributed by atoms with van der Waals surface area (Å²) < 4.78 is 0. The molecular formula is C21H28N2OS.